The lowest BCUT2D eigenvalue weighted by atomic mass is 10.0. The van der Waals surface area contributed by atoms with Gasteiger partial charge in [-0.2, -0.15) is 0 Å². The topological polar surface area (TPSA) is 59.8 Å². The van der Waals surface area contributed by atoms with Crippen LogP contribution in [0.2, 0.25) is 0 Å². The van der Waals surface area contributed by atoms with Crippen molar-refractivity contribution >= 4 is 0 Å². The van der Waals surface area contributed by atoms with Crippen LogP contribution in [0.4, 0.5) is 0 Å². The Kier molecular flexibility index (Phi) is 3.96. The highest BCUT2D eigenvalue weighted by atomic mass is 16.2. The molecule has 1 aromatic carbocycles. The van der Waals surface area contributed by atoms with Gasteiger partial charge in [-0.05, 0) is 18.4 Å². The zero-order chi connectivity index (χ0) is 15.5. The van der Waals surface area contributed by atoms with Crippen LogP contribution in [-0.2, 0) is 6.54 Å². The maximum atomic E-state index is 12.6. The first-order valence-electron chi connectivity index (χ1n) is 7.43. The summed E-state index contributed by atoms with van der Waals surface area (Å²) in [5.74, 6) is 0.207. The predicted molar refractivity (Wildman–Crippen MR) is 86.0 cm³/mol. The molecule has 0 spiro atoms. The van der Waals surface area contributed by atoms with E-state index in [2.05, 4.69) is 23.8 Å². The second-order valence-corrected chi connectivity index (χ2v) is 5.56. The molecule has 22 heavy (non-hydrogen) atoms. The molecule has 0 radical (unpaired) electrons. The lowest BCUT2D eigenvalue weighted by Gasteiger charge is -2.17. The number of hydrogen-bond acceptors (Lipinski definition) is 2. The van der Waals surface area contributed by atoms with Crippen LogP contribution in [0.1, 0.15) is 24.4 Å². The average molecular weight is 297 g/mol. The number of nitrogens with one attached hydrogen (secondary N) is 1. The van der Waals surface area contributed by atoms with Gasteiger partial charge in [-0.25, -0.2) is 23.9 Å². The van der Waals surface area contributed by atoms with Crippen molar-refractivity contribution in [2.45, 2.75) is 25.4 Å². The second-order valence-electron chi connectivity index (χ2n) is 5.56. The van der Waals surface area contributed by atoms with E-state index in [1.54, 1.807) is 0 Å². The average Bonchev–Trinajstić information content (AvgIpc) is 3.08. The first kappa shape index (κ1) is 14.4. The molecule has 1 aliphatic carbocycles. The molecule has 0 amide bonds. The van der Waals surface area contributed by atoms with Crippen LogP contribution in [0.15, 0.2) is 64.7 Å². The van der Waals surface area contributed by atoms with Gasteiger partial charge in [0.25, 0.3) is 0 Å². The Balaban J connectivity index is 1.92. The summed E-state index contributed by atoms with van der Waals surface area (Å²) < 4.78 is 2.72. The molecule has 1 N–H and O–H groups in total. The summed E-state index contributed by atoms with van der Waals surface area (Å²) in [6, 6.07) is 9.47. The minimum atomic E-state index is -0.363. The van der Waals surface area contributed by atoms with Gasteiger partial charge in [0, 0.05) is 5.92 Å². The summed E-state index contributed by atoms with van der Waals surface area (Å²) in [5.41, 5.74) is 0.287. The van der Waals surface area contributed by atoms with E-state index in [1.165, 1.54) is 9.25 Å². The summed E-state index contributed by atoms with van der Waals surface area (Å²) in [7, 11) is 0. The molecular formula is C17H19N3O2. The van der Waals surface area contributed by atoms with Gasteiger partial charge in [0.2, 0.25) is 0 Å². The molecular weight excluding hydrogens is 278 g/mol. The van der Waals surface area contributed by atoms with Gasteiger partial charge in [-0.15, -0.1) is 6.58 Å². The molecule has 0 fully saturated rings. The van der Waals surface area contributed by atoms with Crippen LogP contribution < -0.4 is 11.4 Å². The lowest BCUT2D eigenvalue weighted by molar-refractivity contribution is 0.366. The number of allylic oxidation sites excluding steroid dienone is 3. The fourth-order valence-corrected chi connectivity index (χ4v) is 2.98. The summed E-state index contributed by atoms with van der Waals surface area (Å²) >= 11 is 0. The first-order chi connectivity index (χ1) is 10.7. The number of aromatic amines is 1. The number of H-pyrrole nitrogens is 1. The molecule has 3 rings (SSSR count). The maximum absolute atomic E-state index is 12.6. The van der Waals surface area contributed by atoms with E-state index in [0.29, 0.717) is 0 Å². The van der Waals surface area contributed by atoms with Gasteiger partial charge in [0.1, 0.15) is 0 Å². The highest BCUT2D eigenvalue weighted by molar-refractivity contribution is 5.15. The molecule has 1 heterocycles. The van der Waals surface area contributed by atoms with Gasteiger partial charge in [0.05, 0.1) is 12.6 Å². The van der Waals surface area contributed by atoms with Crippen LogP contribution in [0.25, 0.3) is 0 Å². The molecule has 0 unspecified atom stereocenters. The Morgan fingerprint density at radius 2 is 2.05 bits per heavy atom. The van der Waals surface area contributed by atoms with Gasteiger partial charge in [-0.3, -0.25) is 0 Å². The molecule has 2 atom stereocenters. The number of rotatable bonds is 5. The minimum Gasteiger partial charge on any atom is -0.246 e. The fourth-order valence-electron chi connectivity index (χ4n) is 2.98. The van der Waals surface area contributed by atoms with E-state index in [0.717, 1.165) is 18.4 Å². The largest absolute Gasteiger partial charge is 0.347 e. The third-order valence-corrected chi connectivity index (χ3v) is 4.11. The summed E-state index contributed by atoms with van der Waals surface area (Å²) in [6.07, 6.45) is 7.53. The van der Waals surface area contributed by atoms with E-state index in [1.807, 2.05) is 36.4 Å². The summed E-state index contributed by atoms with van der Waals surface area (Å²) in [4.78, 5) is 24.7. The molecule has 5 nitrogen and oxygen atoms in total. The third-order valence-electron chi connectivity index (χ3n) is 4.11. The molecule has 0 saturated carbocycles. The Morgan fingerprint density at radius 1 is 1.27 bits per heavy atom. The third kappa shape index (κ3) is 2.62. The van der Waals surface area contributed by atoms with Crippen LogP contribution >= 0.6 is 0 Å². The van der Waals surface area contributed by atoms with Gasteiger partial charge >= 0.3 is 11.4 Å². The Labute approximate surface area is 128 Å². The van der Waals surface area contributed by atoms with Crippen molar-refractivity contribution in [1.82, 2.24) is 14.3 Å². The predicted octanol–water partition coefficient (Wildman–Crippen LogP) is 2.08. The number of nitrogens with zero attached hydrogens (tertiary/aromatic N) is 2. The van der Waals surface area contributed by atoms with E-state index < -0.39 is 0 Å². The Hall–Kier alpha value is -2.56. The molecule has 114 valence electrons. The highest BCUT2D eigenvalue weighted by Crippen LogP contribution is 2.30. The molecule has 1 aromatic heterocycles. The second kappa shape index (κ2) is 6.05. The Bertz CT molecular complexity index is 795. The zero-order valence-electron chi connectivity index (χ0n) is 12.3. The van der Waals surface area contributed by atoms with Gasteiger partial charge in [-0.1, -0.05) is 48.6 Å². The normalized spacial score (nSPS) is 20.4. The summed E-state index contributed by atoms with van der Waals surface area (Å²) in [6.45, 7) is 4.04. The molecule has 1 aliphatic rings. The monoisotopic (exact) mass is 297 g/mol. The van der Waals surface area contributed by atoms with Crippen LogP contribution in [0.5, 0.6) is 0 Å². The number of aromatic nitrogens is 3. The van der Waals surface area contributed by atoms with Gasteiger partial charge < -0.3 is 0 Å². The van der Waals surface area contributed by atoms with Crippen molar-refractivity contribution in [1.29, 1.82) is 0 Å². The van der Waals surface area contributed by atoms with Crippen molar-refractivity contribution in [3.05, 3.63) is 81.7 Å². The number of benzene rings is 1. The van der Waals surface area contributed by atoms with Crippen molar-refractivity contribution in [3.8, 4) is 0 Å². The van der Waals surface area contributed by atoms with Crippen LogP contribution in [-0.4, -0.2) is 14.3 Å². The van der Waals surface area contributed by atoms with Crippen LogP contribution in [0.3, 0.4) is 0 Å². The zero-order valence-corrected chi connectivity index (χ0v) is 12.3. The van der Waals surface area contributed by atoms with Gasteiger partial charge in [0.15, 0.2) is 0 Å². The van der Waals surface area contributed by atoms with E-state index in [-0.39, 0.29) is 29.9 Å². The SMILES string of the molecule is C=CC[C@H]1C=CC[C@@H]1n1[nH]c(=O)n(Cc2ccccc2)c1=O. The minimum absolute atomic E-state index is 0.0322. The van der Waals surface area contributed by atoms with Crippen molar-refractivity contribution < 1.29 is 0 Å². The molecule has 0 saturated heterocycles. The van der Waals surface area contributed by atoms with Crippen LogP contribution in [0, 0.1) is 5.92 Å². The molecule has 0 bridgehead atoms. The van der Waals surface area contributed by atoms with E-state index in [4.69, 9.17) is 0 Å². The van der Waals surface area contributed by atoms with Crippen molar-refractivity contribution in [2.24, 2.45) is 5.92 Å². The lowest BCUT2D eigenvalue weighted by Crippen LogP contribution is -2.32. The molecule has 5 heteroatoms. The number of hydrogen-bond donors (Lipinski definition) is 1. The van der Waals surface area contributed by atoms with Crippen molar-refractivity contribution in [2.75, 3.05) is 0 Å². The summed E-state index contributed by atoms with van der Waals surface area (Å²) in [5, 5.41) is 2.70. The fraction of sp³-hybridized carbons (Fsp3) is 0.294. The molecule has 2 aromatic rings. The van der Waals surface area contributed by atoms with E-state index in [9.17, 15) is 9.59 Å². The Morgan fingerprint density at radius 3 is 2.77 bits per heavy atom. The standard InChI is InChI=1S/C17H19N3O2/c1-2-7-14-10-6-11-15(14)20-17(22)19(16(21)18-20)12-13-8-4-3-5-9-13/h2-6,8-10,14-15H,1,7,11-12H2,(H,18,21)/t14-,15-/m0/s1. The van der Waals surface area contributed by atoms with Crippen molar-refractivity contribution in [3.63, 3.8) is 0 Å². The smallest absolute Gasteiger partial charge is 0.246 e. The highest BCUT2D eigenvalue weighted by Gasteiger charge is 2.26. The quantitative estimate of drug-likeness (QED) is 0.859. The van der Waals surface area contributed by atoms with E-state index >= 15 is 0 Å². The maximum Gasteiger partial charge on any atom is 0.347 e. The first-order valence-corrected chi connectivity index (χ1v) is 7.43. The molecule has 0 aliphatic heterocycles.